The van der Waals surface area contributed by atoms with Gasteiger partial charge in [0, 0.05) is 45.6 Å². The number of benzene rings is 3. The molecule has 0 aliphatic rings. The molecule has 0 saturated heterocycles. The maximum absolute atomic E-state index is 13.5. The first-order chi connectivity index (χ1) is 19.3. The van der Waals surface area contributed by atoms with Gasteiger partial charge in [-0.25, -0.2) is 10.8 Å². The molecule has 1 unspecified atom stereocenters. The number of aromatic nitrogens is 2. The number of anilines is 1. The lowest BCUT2D eigenvalue weighted by Crippen LogP contribution is -2.33. The molecule has 1 heterocycles. The Morgan fingerprint density at radius 1 is 1.15 bits per heavy atom. The monoisotopic (exact) mass is 623 g/mol. The molecular formula is C28H26Cl2F3N5O2S. The van der Waals surface area contributed by atoms with E-state index in [9.17, 15) is 22.5 Å². The highest BCUT2D eigenvalue weighted by molar-refractivity contribution is 7.84. The van der Waals surface area contributed by atoms with Crippen LogP contribution in [0.4, 0.5) is 18.9 Å². The van der Waals surface area contributed by atoms with E-state index in [1.54, 1.807) is 48.5 Å². The average molecular weight is 625 g/mol. The summed E-state index contributed by atoms with van der Waals surface area (Å²) in [6.45, 7) is 1.06. The van der Waals surface area contributed by atoms with E-state index in [2.05, 4.69) is 4.98 Å². The lowest BCUT2D eigenvalue weighted by atomic mass is 10.0. The summed E-state index contributed by atoms with van der Waals surface area (Å²) in [5.41, 5.74) is 8.25. The van der Waals surface area contributed by atoms with E-state index in [0.717, 1.165) is 11.8 Å². The number of hydrogen-bond acceptors (Lipinski definition) is 6. The first-order valence-corrected chi connectivity index (χ1v) is 14.4. The van der Waals surface area contributed by atoms with Gasteiger partial charge in [0.1, 0.15) is 5.82 Å². The van der Waals surface area contributed by atoms with Crippen LogP contribution in [0.5, 0.6) is 0 Å². The van der Waals surface area contributed by atoms with Gasteiger partial charge in [-0.15, -0.1) is 0 Å². The zero-order valence-electron chi connectivity index (χ0n) is 21.9. The van der Waals surface area contributed by atoms with Gasteiger partial charge in [0.15, 0.2) is 5.69 Å². The van der Waals surface area contributed by atoms with Crippen LogP contribution in [0.3, 0.4) is 0 Å². The Kier molecular flexibility index (Phi) is 9.15. The van der Waals surface area contributed by atoms with Crippen LogP contribution in [0, 0.1) is 6.92 Å². The lowest BCUT2D eigenvalue weighted by molar-refractivity contribution is -0.141. The summed E-state index contributed by atoms with van der Waals surface area (Å²) in [5.74, 6) is 6.70. The number of imidazole rings is 1. The third kappa shape index (κ3) is 6.60. The van der Waals surface area contributed by atoms with Crippen molar-refractivity contribution in [3.8, 4) is 16.8 Å². The molecule has 0 spiro atoms. The molecule has 5 N–H and O–H groups in total. The number of nitrogens with zero attached hydrogens (tertiary/aromatic N) is 3. The molecule has 0 aliphatic heterocycles. The van der Waals surface area contributed by atoms with E-state index in [-0.39, 0.29) is 17.3 Å². The fraction of sp³-hybridized carbons (Fsp3) is 0.179. The summed E-state index contributed by atoms with van der Waals surface area (Å²) in [6, 6.07) is 15.3. The van der Waals surface area contributed by atoms with Crippen molar-refractivity contribution >= 4 is 39.7 Å². The Balaban J connectivity index is 1.90. The van der Waals surface area contributed by atoms with E-state index in [1.807, 2.05) is 6.07 Å². The molecule has 0 fully saturated rings. The van der Waals surface area contributed by atoms with E-state index >= 15 is 0 Å². The molecule has 4 aromatic rings. The topological polar surface area (TPSA) is 110 Å². The summed E-state index contributed by atoms with van der Waals surface area (Å²) < 4.78 is 54.2. The Labute approximate surface area is 247 Å². The number of halogens is 5. The molecule has 0 radical (unpaired) electrons. The average Bonchev–Trinajstić information content (AvgIpc) is 3.32. The van der Waals surface area contributed by atoms with Gasteiger partial charge in [0.05, 0.1) is 34.5 Å². The fourth-order valence-electron chi connectivity index (χ4n) is 4.38. The zero-order chi connectivity index (χ0) is 30.1. The van der Waals surface area contributed by atoms with Crippen molar-refractivity contribution in [3.05, 3.63) is 105 Å². The van der Waals surface area contributed by atoms with Crippen LogP contribution in [0.15, 0.2) is 77.6 Å². The predicted octanol–water partition coefficient (Wildman–Crippen LogP) is 6.13. The van der Waals surface area contributed by atoms with Crippen LogP contribution in [0.2, 0.25) is 10.0 Å². The molecule has 216 valence electrons. The van der Waals surface area contributed by atoms with Gasteiger partial charge in [0.2, 0.25) is 0 Å². The Hall–Kier alpha value is -3.35. The second-order valence-corrected chi connectivity index (χ2v) is 11.3. The van der Waals surface area contributed by atoms with Crippen molar-refractivity contribution in [2.45, 2.75) is 31.0 Å². The third-order valence-corrected chi connectivity index (χ3v) is 7.95. The van der Waals surface area contributed by atoms with E-state index < -0.39 is 29.3 Å². The van der Waals surface area contributed by atoms with Crippen LogP contribution in [-0.2, 0) is 30.0 Å². The molecular weight excluding hydrogens is 598 g/mol. The molecule has 4 rings (SSSR count). The number of hydrogen-bond donors (Lipinski definition) is 3. The second kappa shape index (κ2) is 12.3. The molecule has 0 amide bonds. The van der Waals surface area contributed by atoms with Gasteiger partial charge < -0.3 is 15.4 Å². The highest BCUT2D eigenvalue weighted by Crippen LogP contribution is 2.37. The summed E-state index contributed by atoms with van der Waals surface area (Å²) in [7, 11) is -1.46. The summed E-state index contributed by atoms with van der Waals surface area (Å²) >= 11 is 12.6. The fourth-order valence-corrected chi connectivity index (χ4v) is 5.74. The summed E-state index contributed by atoms with van der Waals surface area (Å²) in [6.07, 6.45) is -0.700. The van der Waals surface area contributed by atoms with Crippen LogP contribution in [0.25, 0.3) is 16.8 Å². The van der Waals surface area contributed by atoms with Crippen molar-refractivity contribution in [3.63, 3.8) is 0 Å². The molecule has 3 aromatic carbocycles. The van der Waals surface area contributed by atoms with Crippen LogP contribution < -0.4 is 16.6 Å². The second-order valence-electron chi connectivity index (χ2n) is 9.13. The number of alkyl halides is 3. The molecule has 13 heteroatoms. The van der Waals surface area contributed by atoms with Gasteiger partial charge in [-0.2, -0.15) is 13.2 Å². The highest BCUT2D eigenvalue weighted by Gasteiger charge is 2.35. The van der Waals surface area contributed by atoms with Crippen molar-refractivity contribution in [2.75, 3.05) is 11.3 Å². The minimum atomic E-state index is -4.65. The van der Waals surface area contributed by atoms with Gasteiger partial charge >= 0.3 is 6.18 Å². The molecule has 1 atom stereocenters. The van der Waals surface area contributed by atoms with Crippen molar-refractivity contribution in [2.24, 2.45) is 11.6 Å². The van der Waals surface area contributed by atoms with Gasteiger partial charge in [-0.05, 0) is 60.0 Å². The van der Waals surface area contributed by atoms with Crippen LogP contribution >= 0.6 is 23.2 Å². The quantitative estimate of drug-likeness (QED) is 0.161. The zero-order valence-corrected chi connectivity index (χ0v) is 24.2. The van der Waals surface area contributed by atoms with E-state index in [0.29, 0.717) is 43.7 Å². The van der Waals surface area contributed by atoms with Crippen LogP contribution in [-0.4, -0.2) is 25.1 Å². The number of aryl methyl sites for hydroxylation is 1. The minimum Gasteiger partial charge on any atom is -0.403 e. The van der Waals surface area contributed by atoms with Gasteiger partial charge in [0.25, 0.3) is 0 Å². The van der Waals surface area contributed by atoms with Crippen LogP contribution in [0.1, 0.15) is 22.6 Å². The normalized spacial score (nSPS) is 13.0. The summed E-state index contributed by atoms with van der Waals surface area (Å²) in [4.78, 5) is 4.05. The standard InChI is InChI=1S/C28H26Cl2F3N5O2S/c1-16-36-27(28(31,32)33)14-37(16)24-7-6-18(19-10-23(30)22(15-39)26(12-19)41(2)40)11-25(24)38(35)21(13-34)9-17-4-3-5-20(29)8-17/h3-8,10-14,39H,9,15,34-35H2,1-2H3/b21-13-. The first kappa shape index (κ1) is 30.6. The first-order valence-electron chi connectivity index (χ1n) is 12.1. The van der Waals surface area contributed by atoms with Crippen molar-refractivity contribution in [1.29, 1.82) is 0 Å². The Morgan fingerprint density at radius 3 is 2.46 bits per heavy atom. The maximum Gasteiger partial charge on any atom is 0.434 e. The SMILES string of the molecule is Cc1nc(C(F)(F)F)cn1-c1ccc(-c2cc(Cl)c(CO)c(S(C)=O)c2)cc1N(N)/C(=C\N)Cc1cccc(Cl)c1. The largest absolute Gasteiger partial charge is 0.434 e. The molecule has 0 saturated carbocycles. The Morgan fingerprint density at radius 2 is 1.88 bits per heavy atom. The van der Waals surface area contributed by atoms with Crippen molar-refractivity contribution < 1.29 is 22.5 Å². The number of nitrogens with two attached hydrogens (primary N) is 2. The smallest absolute Gasteiger partial charge is 0.403 e. The van der Waals surface area contributed by atoms with E-state index in [4.69, 9.17) is 34.8 Å². The third-order valence-electron chi connectivity index (χ3n) is 6.40. The number of allylic oxidation sites excluding steroid dienone is 1. The number of hydrazine groups is 1. The highest BCUT2D eigenvalue weighted by atomic mass is 35.5. The molecule has 41 heavy (non-hydrogen) atoms. The number of aliphatic hydroxyl groups excluding tert-OH is 1. The number of rotatable bonds is 8. The minimum absolute atomic E-state index is 0.0897. The molecule has 0 aliphatic carbocycles. The molecule has 7 nitrogen and oxygen atoms in total. The van der Waals surface area contributed by atoms with E-state index in [1.165, 1.54) is 29.0 Å². The van der Waals surface area contributed by atoms with Crippen molar-refractivity contribution in [1.82, 2.24) is 9.55 Å². The van der Waals surface area contributed by atoms with Gasteiger partial charge in [-0.3, -0.25) is 9.22 Å². The lowest BCUT2D eigenvalue weighted by Gasteiger charge is -2.26. The summed E-state index contributed by atoms with van der Waals surface area (Å²) in [5, 5.41) is 11.8. The Bertz CT molecular complexity index is 1660. The maximum atomic E-state index is 13.5. The number of aliphatic hydroxyl groups is 1. The van der Waals surface area contributed by atoms with Gasteiger partial charge in [-0.1, -0.05) is 41.4 Å². The molecule has 1 aromatic heterocycles. The molecule has 0 bridgehead atoms. The predicted molar refractivity (Wildman–Crippen MR) is 156 cm³/mol.